The number of Topliss-reactive ketones (excluding diaryl/α,β-unsaturated/α-hetero) is 1. The zero-order valence-corrected chi connectivity index (χ0v) is 10.7. The van der Waals surface area contributed by atoms with Crippen LogP contribution in [0.25, 0.3) is 0 Å². The molecule has 0 aromatic carbocycles. The highest BCUT2D eigenvalue weighted by molar-refractivity contribution is 7.12. The first-order chi connectivity index (χ1) is 7.54. The molecule has 0 unspecified atom stereocenters. The van der Waals surface area contributed by atoms with Crippen molar-refractivity contribution >= 4 is 40.3 Å². The fourth-order valence-corrected chi connectivity index (χ4v) is 2.02. The maximum absolute atomic E-state index is 11.8. The molecule has 1 aromatic heterocycles. The van der Waals surface area contributed by atoms with Gasteiger partial charge in [0.25, 0.3) is 0 Å². The Hall–Kier alpha value is -0.910. The molecule has 0 radical (unpaired) electrons. The summed E-state index contributed by atoms with van der Waals surface area (Å²) in [4.78, 5) is 25.3. The van der Waals surface area contributed by atoms with E-state index in [0.29, 0.717) is 17.1 Å². The van der Waals surface area contributed by atoms with Crippen molar-refractivity contribution in [3.8, 4) is 0 Å². The summed E-state index contributed by atoms with van der Waals surface area (Å²) in [5.41, 5.74) is 0.544. The van der Waals surface area contributed by atoms with Crippen molar-refractivity contribution in [3.63, 3.8) is 0 Å². The lowest BCUT2D eigenvalue weighted by molar-refractivity contribution is -0.113. The minimum absolute atomic E-state index is 0.00938. The number of alkyl halides is 1. The SMILES string of the molecule is CN(C)CC(=O)c1sccc1NC(=O)CCl. The van der Waals surface area contributed by atoms with Gasteiger partial charge in [0, 0.05) is 0 Å². The van der Waals surface area contributed by atoms with E-state index in [1.807, 2.05) is 14.1 Å². The summed E-state index contributed by atoms with van der Waals surface area (Å²) in [6.07, 6.45) is 0. The van der Waals surface area contributed by atoms with Gasteiger partial charge in [0.2, 0.25) is 5.91 Å². The first-order valence-electron chi connectivity index (χ1n) is 4.66. The van der Waals surface area contributed by atoms with Crippen molar-refractivity contribution in [2.45, 2.75) is 0 Å². The van der Waals surface area contributed by atoms with Crippen LogP contribution in [-0.4, -0.2) is 43.1 Å². The highest BCUT2D eigenvalue weighted by atomic mass is 35.5. The number of anilines is 1. The van der Waals surface area contributed by atoms with Crippen molar-refractivity contribution in [1.82, 2.24) is 4.90 Å². The lowest BCUT2D eigenvalue weighted by Crippen LogP contribution is -2.22. The Balaban J connectivity index is 2.77. The third-order valence-corrected chi connectivity index (χ3v) is 2.97. The van der Waals surface area contributed by atoms with Gasteiger partial charge in [-0.15, -0.1) is 22.9 Å². The summed E-state index contributed by atoms with van der Waals surface area (Å²) < 4.78 is 0. The second-order valence-electron chi connectivity index (χ2n) is 3.51. The normalized spacial score (nSPS) is 10.5. The van der Waals surface area contributed by atoms with Gasteiger partial charge in [-0.1, -0.05) is 0 Å². The quantitative estimate of drug-likeness (QED) is 0.647. The van der Waals surface area contributed by atoms with Crippen molar-refractivity contribution in [2.75, 3.05) is 31.8 Å². The Labute approximate surface area is 103 Å². The molecule has 1 rings (SSSR count). The monoisotopic (exact) mass is 260 g/mol. The average Bonchev–Trinajstić information content (AvgIpc) is 2.64. The second-order valence-corrected chi connectivity index (χ2v) is 4.69. The standard InChI is InChI=1S/C10H13ClN2O2S/c1-13(2)6-8(14)10-7(3-4-16-10)12-9(15)5-11/h3-4H,5-6H2,1-2H3,(H,12,15). The van der Waals surface area contributed by atoms with Crippen LogP contribution in [0.2, 0.25) is 0 Å². The van der Waals surface area contributed by atoms with Gasteiger partial charge in [0.15, 0.2) is 5.78 Å². The molecule has 0 aliphatic carbocycles. The van der Waals surface area contributed by atoms with E-state index in [1.165, 1.54) is 11.3 Å². The van der Waals surface area contributed by atoms with Gasteiger partial charge in [0.05, 0.1) is 17.1 Å². The Morgan fingerprint density at radius 3 is 2.75 bits per heavy atom. The van der Waals surface area contributed by atoms with Crippen LogP contribution in [0.5, 0.6) is 0 Å². The summed E-state index contributed by atoms with van der Waals surface area (Å²) in [5.74, 6) is -0.430. The molecule has 88 valence electrons. The van der Waals surface area contributed by atoms with E-state index in [2.05, 4.69) is 5.32 Å². The number of amides is 1. The third-order valence-electron chi connectivity index (χ3n) is 1.77. The van der Waals surface area contributed by atoms with E-state index in [1.54, 1.807) is 16.3 Å². The van der Waals surface area contributed by atoms with E-state index >= 15 is 0 Å². The first kappa shape index (κ1) is 13.2. The Morgan fingerprint density at radius 2 is 2.19 bits per heavy atom. The first-order valence-corrected chi connectivity index (χ1v) is 6.07. The summed E-state index contributed by atoms with van der Waals surface area (Å²) in [6.45, 7) is 0.324. The number of ketones is 1. The lowest BCUT2D eigenvalue weighted by Gasteiger charge is -2.08. The van der Waals surface area contributed by atoms with Gasteiger partial charge in [-0.3, -0.25) is 9.59 Å². The molecule has 0 fully saturated rings. The fraction of sp³-hybridized carbons (Fsp3) is 0.400. The number of rotatable bonds is 5. The fourth-order valence-electron chi connectivity index (χ4n) is 1.17. The van der Waals surface area contributed by atoms with Gasteiger partial charge in [-0.2, -0.15) is 0 Å². The molecular formula is C10H13ClN2O2S. The van der Waals surface area contributed by atoms with Crippen LogP contribution < -0.4 is 5.32 Å². The molecule has 1 amide bonds. The third kappa shape index (κ3) is 3.59. The molecule has 1 heterocycles. The molecule has 0 saturated heterocycles. The predicted molar refractivity (Wildman–Crippen MR) is 66.6 cm³/mol. The van der Waals surface area contributed by atoms with Crippen LogP contribution in [0.1, 0.15) is 9.67 Å². The molecule has 0 atom stereocenters. The number of hydrogen-bond donors (Lipinski definition) is 1. The van der Waals surface area contributed by atoms with E-state index < -0.39 is 0 Å². The Morgan fingerprint density at radius 1 is 1.50 bits per heavy atom. The zero-order chi connectivity index (χ0) is 12.1. The smallest absolute Gasteiger partial charge is 0.239 e. The van der Waals surface area contributed by atoms with Gasteiger partial charge in [-0.05, 0) is 25.5 Å². The minimum Gasteiger partial charge on any atom is -0.324 e. The Kier molecular flexibility index (Phi) is 4.92. The molecule has 1 N–H and O–H groups in total. The van der Waals surface area contributed by atoms with E-state index in [9.17, 15) is 9.59 Å². The van der Waals surface area contributed by atoms with Gasteiger partial charge in [0.1, 0.15) is 5.88 Å². The van der Waals surface area contributed by atoms with E-state index in [0.717, 1.165) is 0 Å². The number of carbonyl (C=O) groups is 2. The Bertz CT molecular complexity index is 390. The average molecular weight is 261 g/mol. The number of hydrogen-bond acceptors (Lipinski definition) is 4. The van der Waals surface area contributed by atoms with Crippen LogP contribution in [0, 0.1) is 0 Å². The molecule has 0 aliphatic heterocycles. The van der Waals surface area contributed by atoms with Crippen molar-refractivity contribution in [2.24, 2.45) is 0 Å². The summed E-state index contributed by atoms with van der Waals surface area (Å²) in [6, 6.07) is 1.71. The van der Waals surface area contributed by atoms with Crippen LogP contribution in [0.4, 0.5) is 5.69 Å². The maximum Gasteiger partial charge on any atom is 0.239 e. The summed E-state index contributed by atoms with van der Waals surface area (Å²) in [5, 5.41) is 4.37. The van der Waals surface area contributed by atoms with Gasteiger partial charge >= 0.3 is 0 Å². The summed E-state index contributed by atoms with van der Waals surface area (Å²) >= 11 is 6.70. The van der Waals surface area contributed by atoms with Crippen molar-refractivity contribution in [3.05, 3.63) is 16.3 Å². The number of nitrogens with zero attached hydrogens (tertiary/aromatic N) is 1. The molecule has 4 nitrogen and oxygen atoms in total. The number of halogens is 1. The number of nitrogens with one attached hydrogen (secondary N) is 1. The van der Waals surface area contributed by atoms with Crippen LogP contribution >= 0.6 is 22.9 Å². The summed E-state index contributed by atoms with van der Waals surface area (Å²) in [7, 11) is 3.64. The van der Waals surface area contributed by atoms with Crippen LogP contribution in [0.3, 0.4) is 0 Å². The zero-order valence-electron chi connectivity index (χ0n) is 9.12. The number of carbonyl (C=O) groups excluding carboxylic acids is 2. The van der Waals surface area contributed by atoms with Gasteiger partial charge in [-0.25, -0.2) is 0 Å². The molecule has 6 heteroatoms. The molecular weight excluding hydrogens is 248 g/mol. The maximum atomic E-state index is 11.8. The minimum atomic E-state index is -0.307. The molecule has 0 saturated carbocycles. The molecule has 16 heavy (non-hydrogen) atoms. The molecule has 0 spiro atoms. The highest BCUT2D eigenvalue weighted by Crippen LogP contribution is 2.23. The molecule has 0 aliphatic rings. The molecule has 0 bridgehead atoms. The van der Waals surface area contributed by atoms with E-state index in [4.69, 9.17) is 11.6 Å². The largest absolute Gasteiger partial charge is 0.324 e. The number of likely N-dealkylation sites (N-methyl/N-ethyl adjacent to an activating group) is 1. The molecule has 1 aromatic rings. The number of thiophene rings is 1. The topological polar surface area (TPSA) is 49.4 Å². The van der Waals surface area contributed by atoms with Crippen LogP contribution in [0.15, 0.2) is 11.4 Å². The predicted octanol–water partition coefficient (Wildman–Crippen LogP) is 1.67. The van der Waals surface area contributed by atoms with E-state index in [-0.39, 0.29) is 17.6 Å². The highest BCUT2D eigenvalue weighted by Gasteiger charge is 2.15. The van der Waals surface area contributed by atoms with Crippen LogP contribution in [-0.2, 0) is 4.79 Å². The van der Waals surface area contributed by atoms with Crippen molar-refractivity contribution < 1.29 is 9.59 Å². The van der Waals surface area contributed by atoms with Gasteiger partial charge < -0.3 is 10.2 Å². The second kappa shape index (κ2) is 5.98. The van der Waals surface area contributed by atoms with Crippen molar-refractivity contribution in [1.29, 1.82) is 0 Å². The lowest BCUT2D eigenvalue weighted by atomic mass is 10.2.